The van der Waals surface area contributed by atoms with E-state index in [-0.39, 0.29) is 0 Å². The second-order valence-electron chi connectivity index (χ2n) is 4.95. The number of isothiocyanates is 1. The van der Waals surface area contributed by atoms with Crippen LogP contribution in [0.1, 0.15) is 11.1 Å². The minimum Gasteiger partial charge on any atom is -0.493 e. The molecule has 8 nitrogen and oxygen atoms in total. The van der Waals surface area contributed by atoms with Crippen molar-refractivity contribution in [3.8, 4) is 35.1 Å². The van der Waals surface area contributed by atoms with Gasteiger partial charge in [0.05, 0.1) is 56.1 Å². The monoisotopic (exact) mass is 398 g/mol. The van der Waals surface area contributed by atoms with Crippen molar-refractivity contribution in [3.63, 3.8) is 0 Å². The van der Waals surface area contributed by atoms with Crippen molar-refractivity contribution in [1.82, 2.24) is 0 Å². The highest BCUT2D eigenvalue weighted by molar-refractivity contribution is 7.78. The molecule has 9 heteroatoms. The lowest BCUT2D eigenvalue weighted by atomic mass is 10.1. The van der Waals surface area contributed by atoms with Crippen LogP contribution >= 0.6 is 12.2 Å². The summed E-state index contributed by atoms with van der Waals surface area (Å²) >= 11 is 4.48. The zero-order valence-electron chi connectivity index (χ0n) is 15.8. The van der Waals surface area contributed by atoms with Gasteiger partial charge < -0.3 is 24.7 Å². The first-order valence-corrected chi connectivity index (χ1v) is 8.05. The molecule has 0 radical (unpaired) electrons. The number of hydrogen-bond donors (Lipinski definition) is 1. The van der Waals surface area contributed by atoms with Gasteiger partial charge >= 0.3 is 0 Å². The second-order valence-corrected chi connectivity index (χ2v) is 5.13. The third-order valence-corrected chi connectivity index (χ3v) is 3.56. The lowest BCUT2D eigenvalue weighted by Gasteiger charge is -2.08. The largest absolute Gasteiger partial charge is 0.493 e. The molecular formula is C19H18N4O4S. The molecule has 2 aromatic carbocycles. The number of nitrogens with two attached hydrogens (primary N) is 1. The van der Waals surface area contributed by atoms with E-state index in [1.807, 2.05) is 12.1 Å². The van der Waals surface area contributed by atoms with Crippen molar-refractivity contribution < 1.29 is 18.9 Å². The van der Waals surface area contributed by atoms with Crippen LogP contribution < -0.4 is 24.7 Å². The molecule has 0 fully saturated rings. The maximum atomic E-state index is 8.86. The quantitative estimate of drug-likeness (QED) is 0.461. The van der Waals surface area contributed by atoms with E-state index in [2.05, 4.69) is 22.4 Å². The lowest BCUT2D eigenvalue weighted by molar-refractivity contribution is 0.355. The summed E-state index contributed by atoms with van der Waals surface area (Å²) in [5.41, 5.74) is 7.14. The fourth-order valence-electron chi connectivity index (χ4n) is 2.09. The number of nitrogens with zero attached hydrogens (tertiary/aromatic N) is 3. The summed E-state index contributed by atoms with van der Waals surface area (Å²) in [6.07, 6.45) is 0. The molecule has 2 rings (SSSR count). The second kappa shape index (κ2) is 11.0. The third kappa shape index (κ3) is 5.36. The number of methoxy groups -OCH3 is 4. The summed E-state index contributed by atoms with van der Waals surface area (Å²) in [6, 6.07) is 10.2. The van der Waals surface area contributed by atoms with Crippen LogP contribution in [0.4, 0.5) is 11.4 Å². The highest BCUT2D eigenvalue weighted by Crippen LogP contribution is 2.34. The standard InChI is InChI=1S/C10H8N2O2S.C9H10N2O2/c1-13-9-3-7(5-11)8(12-6-15)4-10(9)14-2;1-12-8-3-6(5-10)7(11)4-9(8)13-2/h3-4H,1-2H3;3-4H,11H2,1-2H3. The summed E-state index contributed by atoms with van der Waals surface area (Å²) in [4.78, 5) is 3.77. The summed E-state index contributed by atoms with van der Waals surface area (Å²) in [7, 11) is 6.04. The molecule has 28 heavy (non-hydrogen) atoms. The molecule has 2 N–H and O–H groups in total. The van der Waals surface area contributed by atoms with Gasteiger partial charge in [0.1, 0.15) is 12.1 Å². The Morgan fingerprint density at radius 2 is 1.21 bits per heavy atom. The average molecular weight is 398 g/mol. The van der Waals surface area contributed by atoms with Crippen molar-refractivity contribution in [1.29, 1.82) is 10.5 Å². The van der Waals surface area contributed by atoms with Crippen LogP contribution in [0, 0.1) is 22.7 Å². The van der Waals surface area contributed by atoms with Gasteiger partial charge in [-0.05, 0) is 12.2 Å². The molecule has 0 aliphatic rings. The third-order valence-electron chi connectivity index (χ3n) is 3.46. The highest BCUT2D eigenvalue weighted by Gasteiger charge is 2.10. The van der Waals surface area contributed by atoms with Gasteiger partial charge in [-0.1, -0.05) is 0 Å². The van der Waals surface area contributed by atoms with Crippen LogP contribution in [0.5, 0.6) is 23.0 Å². The van der Waals surface area contributed by atoms with Crippen molar-refractivity contribution in [3.05, 3.63) is 35.4 Å². The van der Waals surface area contributed by atoms with Crippen molar-refractivity contribution >= 4 is 28.8 Å². The molecule has 0 unspecified atom stereocenters. The molecule has 0 bridgehead atoms. The number of nitrogen functional groups attached to an aromatic ring is 1. The van der Waals surface area contributed by atoms with E-state index >= 15 is 0 Å². The van der Waals surface area contributed by atoms with E-state index in [0.717, 1.165) is 0 Å². The Morgan fingerprint density at radius 1 is 0.786 bits per heavy atom. The number of ether oxygens (including phenoxy) is 4. The molecule has 0 atom stereocenters. The smallest absolute Gasteiger partial charge is 0.162 e. The van der Waals surface area contributed by atoms with Crippen molar-refractivity contribution in [2.45, 2.75) is 0 Å². The van der Waals surface area contributed by atoms with Gasteiger partial charge in [-0.3, -0.25) is 0 Å². The summed E-state index contributed by atoms with van der Waals surface area (Å²) in [6.45, 7) is 0. The van der Waals surface area contributed by atoms with E-state index in [1.54, 1.807) is 24.3 Å². The van der Waals surface area contributed by atoms with Gasteiger partial charge in [-0.2, -0.15) is 15.5 Å². The summed E-state index contributed by atoms with van der Waals surface area (Å²) in [5, 5.41) is 19.7. The molecule has 2 aromatic rings. The molecule has 144 valence electrons. The van der Waals surface area contributed by atoms with E-state index in [9.17, 15) is 0 Å². The Balaban J connectivity index is 0.000000283. The topological polar surface area (TPSA) is 123 Å². The van der Waals surface area contributed by atoms with Gasteiger partial charge in [0.25, 0.3) is 0 Å². The zero-order valence-corrected chi connectivity index (χ0v) is 16.6. The molecule has 0 saturated carbocycles. The van der Waals surface area contributed by atoms with Crippen LogP contribution in [-0.2, 0) is 0 Å². The SMILES string of the molecule is COc1cc(C#N)c(N=C=S)cc1OC.COc1cc(N)c(C#N)cc1OC. The molecular weight excluding hydrogens is 380 g/mol. The number of aliphatic imine (C=N–C) groups is 1. The normalized spacial score (nSPS) is 8.79. The molecule has 0 heterocycles. The van der Waals surface area contributed by atoms with Crippen LogP contribution in [0.3, 0.4) is 0 Å². The van der Waals surface area contributed by atoms with E-state index in [1.165, 1.54) is 28.4 Å². The maximum Gasteiger partial charge on any atom is 0.162 e. The van der Waals surface area contributed by atoms with E-state index < -0.39 is 0 Å². The van der Waals surface area contributed by atoms with Gasteiger partial charge in [-0.15, -0.1) is 0 Å². The number of thiocarbonyl (C=S) groups is 1. The van der Waals surface area contributed by atoms with Crippen LogP contribution in [0.2, 0.25) is 0 Å². The first-order chi connectivity index (χ1) is 13.5. The lowest BCUT2D eigenvalue weighted by Crippen LogP contribution is -1.95. The predicted octanol–water partition coefficient (Wildman–Crippen LogP) is 3.47. The van der Waals surface area contributed by atoms with Crippen LogP contribution in [-0.4, -0.2) is 33.6 Å². The number of rotatable bonds is 5. The number of anilines is 1. The van der Waals surface area contributed by atoms with Crippen molar-refractivity contribution in [2.75, 3.05) is 34.2 Å². The predicted molar refractivity (Wildman–Crippen MR) is 108 cm³/mol. The number of nitriles is 2. The van der Waals surface area contributed by atoms with Crippen molar-refractivity contribution in [2.24, 2.45) is 4.99 Å². The molecule has 0 aliphatic carbocycles. The Hall–Kier alpha value is -3.78. The molecule has 0 spiro atoms. The minimum atomic E-state index is 0.366. The average Bonchev–Trinajstić information content (AvgIpc) is 2.73. The Labute approximate surface area is 168 Å². The first-order valence-electron chi connectivity index (χ1n) is 7.65. The van der Waals surface area contributed by atoms with Gasteiger partial charge in [0.15, 0.2) is 23.0 Å². The molecule has 0 aromatic heterocycles. The molecule has 0 saturated heterocycles. The summed E-state index contributed by atoms with van der Waals surface area (Å²) in [5.74, 6) is 2.02. The van der Waals surface area contributed by atoms with Crippen LogP contribution in [0.15, 0.2) is 29.3 Å². The van der Waals surface area contributed by atoms with Crippen LogP contribution in [0.25, 0.3) is 0 Å². The number of hydrogen-bond acceptors (Lipinski definition) is 9. The van der Waals surface area contributed by atoms with E-state index in [0.29, 0.717) is 45.5 Å². The Bertz CT molecular complexity index is 973. The van der Waals surface area contributed by atoms with Gasteiger partial charge in [-0.25, -0.2) is 0 Å². The molecule has 0 amide bonds. The zero-order chi connectivity index (χ0) is 21.1. The molecule has 0 aliphatic heterocycles. The summed E-state index contributed by atoms with van der Waals surface area (Å²) < 4.78 is 20.1. The first kappa shape index (κ1) is 22.3. The Morgan fingerprint density at radius 3 is 1.64 bits per heavy atom. The fourth-order valence-corrected chi connectivity index (χ4v) is 2.19. The minimum absolute atomic E-state index is 0.366. The highest BCUT2D eigenvalue weighted by atomic mass is 32.1. The van der Waals surface area contributed by atoms with Gasteiger partial charge in [0.2, 0.25) is 0 Å². The maximum absolute atomic E-state index is 8.86. The number of benzene rings is 2. The van der Waals surface area contributed by atoms with Gasteiger partial charge in [0, 0.05) is 24.3 Å². The Kier molecular flexibility index (Phi) is 8.78. The van der Waals surface area contributed by atoms with E-state index in [4.69, 9.17) is 35.2 Å². The fraction of sp³-hybridized carbons (Fsp3) is 0.211.